The maximum Gasteiger partial charge on any atom is 0.414 e. The average molecular weight is 167 g/mol. The van der Waals surface area contributed by atoms with E-state index in [1.165, 1.54) is 0 Å². The van der Waals surface area contributed by atoms with Crippen LogP contribution in [-0.4, -0.2) is 24.1 Å². The lowest BCUT2D eigenvalue weighted by atomic mass is 10.2. The second-order valence-electron chi connectivity index (χ2n) is 2.68. The third kappa shape index (κ3) is 2.12. The van der Waals surface area contributed by atoms with Crippen LogP contribution in [0.25, 0.3) is 0 Å². The lowest BCUT2D eigenvalue weighted by Gasteiger charge is -2.20. The van der Waals surface area contributed by atoms with E-state index in [1.54, 1.807) is 18.0 Å². The highest BCUT2D eigenvalue weighted by molar-refractivity contribution is 5.69. The summed E-state index contributed by atoms with van der Waals surface area (Å²) in [5.74, 6) is 0. The number of amides is 1. The smallest absolute Gasteiger partial charge is 0.414 e. The van der Waals surface area contributed by atoms with Crippen molar-refractivity contribution in [3.8, 4) is 0 Å². The monoisotopic (exact) mass is 167 g/mol. The minimum atomic E-state index is -0.277. The van der Waals surface area contributed by atoms with E-state index < -0.39 is 0 Å². The summed E-state index contributed by atoms with van der Waals surface area (Å²) in [6.45, 7) is 4.84. The normalized spacial score (nSPS) is 15.8. The van der Waals surface area contributed by atoms with Crippen LogP contribution in [-0.2, 0) is 4.74 Å². The van der Waals surface area contributed by atoms with Crippen molar-refractivity contribution in [3.63, 3.8) is 0 Å². The van der Waals surface area contributed by atoms with Crippen molar-refractivity contribution in [1.82, 2.24) is 4.90 Å². The zero-order chi connectivity index (χ0) is 8.97. The number of allylic oxidation sites excluding steroid dienone is 2. The van der Waals surface area contributed by atoms with Crippen molar-refractivity contribution in [2.45, 2.75) is 13.8 Å². The fourth-order valence-electron chi connectivity index (χ4n) is 1.02. The summed E-state index contributed by atoms with van der Waals surface area (Å²) in [6.07, 6.45) is 5.28. The van der Waals surface area contributed by atoms with E-state index in [9.17, 15) is 4.79 Å². The van der Waals surface area contributed by atoms with Crippen LogP contribution in [0.2, 0.25) is 0 Å². The molecule has 0 bridgehead atoms. The third-order valence-corrected chi connectivity index (χ3v) is 1.57. The van der Waals surface area contributed by atoms with Crippen LogP contribution >= 0.6 is 0 Å². The Morgan fingerprint density at radius 3 is 3.08 bits per heavy atom. The molecule has 1 aliphatic rings. The summed E-state index contributed by atoms with van der Waals surface area (Å²) in [5, 5.41) is 0. The molecule has 0 atom stereocenters. The second kappa shape index (κ2) is 3.95. The highest BCUT2D eigenvalue weighted by Crippen LogP contribution is 2.07. The van der Waals surface area contributed by atoms with Gasteiger partial charge in [-0.15, -0.1) is 0 Å². The van der Waals surface area contributed by atoms with Gasteiger partial charge >= 0.3 is 6.09 Å². The molecule has 0 radical (unpaired) electrons. The van der Waals surface area contributed by atoms with Crippen molar-refractivity contribution < 1.29 is 9.53 Å². The van der Waals surface area contributed by atoms with Crippen LogP contribution in [0.1, 0.15) is 13.8 Å². The first-order valence-electron chi connectivity index (χ1n) is 4.01. The Morgan fingerprint density at radius 1 is 1.75 bits per heavy atom. The summed E-state index contributed by atoms with van der Waals surface area (Å²) in [4.78, 5) is 12.7. The standard InChI is InChI=1S/C9H13NO2/c1-3-12-9(11)10-6-4-5-8(2)7-10/h4-6H,3,7H2,1-2H3. The van der Waals surface area contributed by atoms with E-state index in [0.29, 0.717) is 13.2 Å². The fourth-order valence-corrected chi connectivity index (χ4v) is 1.02. The summed E-state index contributed by atoms with van der Waals surface area (Å²) in [6, 6.07) is 0. The van der Waals surface area contributed by atoms with Gasteiger partial charge in [-0.2, -0.15) is 0 Å². The maximum atomic E-state index is 11.2. The van der Waals surface area contributed by atoms with Gasteiger partial charge in [-0.25, -0.2) is 4.79 Å². The largest absolute Gasteiger partial charge is 0.449 e. The van der Waals surface area contributed by atoms with Crippen molar-refractivity contribution in [1.29, 1.82) is 0 Å². The predicted octanol–water partition coefficient (Wildman–Crippen LogP) is 1.92. The summed E-state index contributed by atoms with van der Waals surface area (Å²) in [7, 11) is 0. The SMILES string of the molecule is CCOC(=O)N1C=CC=C(C)C1. The van der Waals surface area contributed by atoms with Gasteiger partial charge in [-0.1, -0.05) is 11.6 Å². The number of rotatable bonds is 1. The molecule has 0 saturated carbocycles. The molecule has 0 saturated heterocycles. The van der Waals surface area contributed by atoms with Crippen LogP contribution in [0.5, 0.6) is 0 Å². The minimum absolute atomic E-state index is 0.277. The van der Waals surface area contributed by atoms with Gasteiger partial charge in [-0.05, 0) is 19.9 Å². The topological polar surface area (TPSA) is 29.5 Å². The number of nitrogens with zero attached hydrogens (tertiary/aromatic N) is 1. The van der Waals surface area contributed by atoms with E-state index in [1.807, 2.05) is 19.1 Å². The zero-order valence-electron chi connectivity index (χ0n) is 7.41. The van der Waals surface area contributed by atoms with Crippen LogP contribution in [0.4, 0.5) is 4.79 Å². The highest BCUT2D eigenvalue weighted by atomic mass is 16.6. The van der Waals surface area contributed by atoms with Gasteiger partial charge in [-0.3, -0.25) is 4.90 Å². The number of carbonyl (C=O) groups is 1. The molecule has 1 aliphatic heterocycles. The first kappa shape index (κ1) is 8.84. The second-order valence-corrected chi connectivity index (χ2v) is 2.68. The third-order valence-electron chi connectivity index (χ3n) is 1.57. The number of ether oxygens (including phenoxy) is 1. The molecule has 3 nitrogen and oxygen atoms in total. The van der Waals surface area contributed by atoms with Crippen molar-refractivity contribution in [2.24, 2.45) is 0 Å². The Hall–Kier alpha value is -1.25. The Labute approximate surface area is 72.3 Å². The predicted molar refractivity (Wildman–Crippen MR) is 46.6 cm³/mol. The average Bonchev–Trinajstić information content (AvgIpc) is 2.05. The molecule has 0 spiro atoms. The lowest BCUT2D eigenvalue weighted by molar-refractivity contribution is 0.124. The summed E-state index contributed by atoms with van der Waals surface area (Å²) in [5.41, 5.74) is 1.16. The molecule has 0 aromatic rings. The Balaban J connectivity index is 2.50. The van der Waals surface area contributed by atoms with Crippen LogP contribution in [0.15, 0.2) is 23.9 Å². The van der Waals surface area contributed by atoms with Gasteiger partial charge < -0.3 is 4.74 Å². The molecule has 0 unspecified atom stereocenters. The Bertz CT molecular complexity index is 231. The van der Waals surface area contributed by atoms with E-state index >= 15 is 0 Å². The first-order valence-corrected chi connectivity index (χ1v) is 4.01. The maximum absolute atomic E-state index is 11.2. The quantitative estimate of drug-likeness (QED) is 0.597. The molecule has 66 valence electrons. The van der Waals surface area contributed by atoms with E-state index in [-0.39, 0.29) is 6.09 Å². The van der Waals surface area contributed by atoms with Gasteiger partial charge in [0.2, 0.25) is 0 Å². The van der Waals surface area contributed by atoms with Crippen molar-refractivity contribution >= 4 is 6.09 Å². The van der Waals surface area contributed by atoms with Gasteiger partial charge in [0, 0.05) is 12.7 Å². The molecule has 1 amide bonds. The van der Waals surface area contributed by atoms with Gasteiger partial charge in [0.1, 0.15) is 0 Å². The highest BCUT2D eigenvalue weighted by Gasteiger charge is 2.12. The van der Waals surface area contributed by atoms with Crippen molar-refractivity contribution in [3.05, 3.63) is 23.9 Å². The molecule has 0 aromatic heterocycles. The Kier molecular flexibility index (Phi) is 2.91. The molecule has 0 N–H and O–H groups in total. The molecule has 12 heavy (non-hydrogen) atoms. The van der Waals surface area contributed by atoms with Crippen LogP contribution in [0, 0.1) is 0 Å². The first-order chi connectivity index (χ1) is 5.74. The van der Waals surface area contributed by atoms with E-state index in [0.717, 1.165) is 5.57 Å². The molecule has 1 rings (SSSR count). The van der Waals surface area contributed by atoms with Crippen LogP contribution < -0.4 is 0 Å². The Morgan fingerprint density at radius 2 is 2.50 bits per heavy atom. The lowest BCUT2D eigenvalue weighted by Crippen LogP contribution is -2.29. The molecule has 0 aromatic carbocycles. The molecule has 1 heterocycles. The zero-order valence-corrected chi connectivity index (χ0v) is 7.41. The molecular weight excluding hydrogens is 154 g/mol. The van der Waals surface area contributed by atoms with Crippen LogP contribution in [0.3, 0.4) is 0 Å². The van der Waals surface area contributed by atoms with Crippen molar-refractivity contribution in [2.75, 3.05) is 13.2 Å². The van der Waals surface area contributed by atoms with Gasteiger partial charge in [0.15, 0.2) is 0 Å². The van der Waals surface area contributed by atoms with E-state index in [2.05, 4.69) is 0 Å². The number of hydrogen-bond acceptors (Lipinski definition) is 2. The van der Waals surface area contributed by atoms with E-state index in [4.69, 9.17) is 4.74 Å². The van der Waals surface area contributed by atoms with Gasteiger partial charge in [0.25, 0.3) is 0 Å². The minimum Gasteiger partial charge on any atom is -0.449 e. The molecule has 3 heteroatoms. The molecular formula is C9H13NO2. The van der Waals surface area contributed by atoms with Gasteiger partial charge in [0.05, 0.1) is 6.61 Å². The number of hydrogen-bond donors (Lipinski definition) is 0. The molecule has 0 fully saturated rings. The number of carbonyl (C=O) groups excluding carboxylic acids is 1. The summed E-state index contributed by atoms with van der Waals surface area (Å²) >= 11 is 0. The summed E-state index contributed by atoms with van der Waals surface area (Å²) < 4.78 is 4.84. The fraction of sp³-hybridized carbons (Fsp3) is 0.444. The molecule has 0 aliphatic carbocycles.